The number of methoxy groups -OCH3 is 1. The molecule has 7 nitrogen and oxygen atoms in total. The normalized spacial score (nSPS) is 11.3. The zero-order valence-corrected chi connectivity index (χ0v) is 12.0. The molecule has 0 atom stereocenters. The molecule has 0 radical (unpaired) electrons. The van der Waals surface area contributed by atoms with Crippen LogP contribution in [0.2, 0.25) is 0 Å². The van der Waals surface area contributed by atoms with Crippen molar-refractivity contribution in [1.82, 2.24) is 9.78 Å². The van der Waals surface area contributed by atoms with Gasteiger partial charge in [-0.1, -0.05) is 0 Å². The molecule has 0 spiro atoms. The molecular weight excluding hydrogens is 280 g/mol. The average Bonchev–Trinajstić information content (AvgIpc) is 2.86. The molecule has 20 heavy (non-hydrogen) atoms. The third-order valence-electron chi connectivity index (χ3n) is 2.72. The Balaban J connectivity index is 2.30. The zero-order chi connectivity index (χ0) is 14.8. The number of sulfonamides is 1. The standard InChI is InChI=1S/C12H16N4O3S/c1-3-16-8-9(7-14-16)15-20(17,18)10-4-5-11(13)12(6-10)19-2/h4-8,15H,3,13H2,1-2H3. The number of nitrogen functional groups attached to an aromatic ring is 1. The van der Waals surface area contributed by atoms with Crippen molar-refractivity contribution in [3.05, 3.63) is 30.6 Å². The molecule has 2 aromatic rings. The number of aromatic nitrogens is 2. The van der Waals surface area contributed by atoms with Gasteiger partial charge in [0.15, 0.2) is 0 Å². The fourth-order valence-corrected chi connectivity index (χ4v) is 2.70. The minimum atomic E-state index is -3.70. The molecule has 1 aromatic carbocycles. The van der Waals surface area contributed by atoms with Crippen molar-refractivity contribution in [3.63, 3.8) is 0 Å². The highest BCUT2D eigenvalue weighted by Crippen LogP contribution is 2.25. The number of benzene rings is 1. The van der Waals surface area contributed by atoms with Crippen LogP contribution in [-0.4, -0.2) is 25.3 Å². The first kappa shape index (κ1) is 14.2. The average molecular weight is 296 g/mol. The third-order valence-corrected chi connectivity index (χ3v) is 4.10. The Bertz CT molecular complexity index is 709. The Labute approximate surface area is 117 Å². The van der Waals surface area contributed by atoms with Gasteiger partial charge in [-0.05, 0) is 19.1 Å². The van der Waals surface area contributed by atoms with Crippen LogP contribution in [0.1, 0.15) is 6.92 Å². The first-order valence-electron chi connectivity index (χ1n) is 5.95. The Morgan fingerprint density at radius 1 is 1.45 bits per heavy atom. The molecule has 0 bridgehead atoms. The quantitative estimate of drug-likeness (QED) is 0.810. The summed E-state index contributed by atoms with van der Waals surface area (Å²) in [4.78, 5) is 0.0767. The van der Waals surface area contributed by atoms with Crippen LogP contribution in [0.25, 0.3) is 0 Å². The maximum Gasteiger partial charge on any atom is 0.262 e. The van der Waals surface area contributed by atoms with E-state index >= 15 is 0 Å². The highest BCUT2D eigenvalue weighted by atomic mass is 32.2. The van der Waals surface area contributed by atoms with Gasteiger partial charge >= 0.3 is 0 Å². The lowest BCUT2D eigenvalue weighted by Gasteiger charge is -2.09. The summed E-state index contributed by atoms with van der Waals surface area (Å²) in [6, 6.07) is 4.29. The fraction of sp³-hybridized carbons (Fsp3) is 0.250. The van der Waals surface area contributed by atoms with E-state index in [0.29, 0.717) is 23.7 Å². The zero-order valence-electron chi connectivity index (χ0n) is 11.2. The molecule has 1 aromatic heterocycles. The maximum atomic E-state index is 12.2. The van der Waals surface area contributed by atoms with Gasteiger partial charge in [-0.25, -0.2) is 8.42 Å². The van der Waals surface area contributed by atoms with Crippen molar-refractivity contribution in [2.75, 3.05) is 17.6 Å². The molecule has 2 rings (SSSR count). The van der Waals surface area contributed by atoms with E-state index in [1.807, 2.05) is 6.92 Å². The fourth-order valence-electron chi connectivity index (χ4n) is 1.66. The minimum absolute atomic E-state index is 0.0767. The van der Waals surface area contributed by atoms with Crippen LogP contribution in [0.5, 0.6) is 5.75 Å². The second-order valence-corrected chi connectivity index (χ2v) is 5.78. The smallest absolute Gasteiger partial charge is 0.262 e. The summed E-state index contributed by atoms with van der Waals surface area (Å²) in [5, 5.41) is 4.01. The molecule has 3 N–H and O–H groups in total. The molecule has 108 valence electrons. The van der Waals surface area contributed by atoms with E-state index in [0.717, 1.165) is 0 Å². The number of rotatable bonds is 5. The summed E-state index contributed by atoms with van der Waals surface area (Å²) in [5.74, 6) is 0.317. The molecule has 0 aliphatic heterocycles. The molecule has 0 fully saturated rings. The first-order chi connectivity index (χ1) is 9.46. The van der Waals surface area contributed by atoms with Crippen molar-refractivity contribution in [1.29, 1.82) is 0 Å². The molecular formula is C12H16N4O3S. The van der Waals surface area contributed by atoms with Crippen molar-refractivity contribution < 1.29 is 13.2 Å². The molecule has 0 amide bonds. The van der Waals surface area contributed by atoms with Crippen LogP contribution >= 0.6 is 0 Å². The van der Waals surface area contributed by atoms with Crippen molar-refractivity contribution in [3.8, 4) is 5.75 Å². The largest absolute Gasteiger partial charge is 0.495 e. The predicted molar refractivity (Wildman–Crippen MR) is 76.1 cm³/mol. The van der Waals surface area contributed by atoms with Gasteiger partial charge in [-0.3, -0.25) is 9.40 Å². The van der Waals surface area contributed by atoms with Gasteiger partial charge in [-0.15, -0.1) is 0 Å². The van der Waals surface area contributed by atoms with E-state index in [4.69, 9.17) is 10.5 Å². The van der Waals surface area contributed by atoms with Crippen LogP contribution < -0.4 is 15.2 Å². The summed E-state index contributed by atoms with van der Waals surface area (Å²) in [6.45, 7) is 2.58. The van der Waals surface area contributed by atoms with Gasteiger partial charge in [-0.2, -0.15) is 5.10 Å². The first-order valence-corrected chi connectivity index (χ1v) is 7.43. The monoisotopic (exact) mass is 296 g/mol. The molecule has 0 aliphatic carbocycles. The van der Waals surface area contributed by atoms with E-state index in [9.17, 15) is 8.42 Å². The van der Waals surface area contributed by atoms with E-state index in [2.05, 4.69) is 9.82 Å². The summed E-state index contributed by atoms with van der Waals surface area (Å²) in [5.41, 5.74) is 6.45. The van der Waals surface area contributed by atoms with Crippen LogP contribution in [0.15, 0.2) is 35.5 Å². The van der Waals surface area contributed by atoms with Crippen LogP contribution in [0.3, 0.4) is 0 Å². The lowest BCUT2D eigenvalue weighted by Crippen LogP contribution is -2.13. The van der Waals surface area contributed by atoms with Gasteiger partial charge in [0.05, 0.1) is 29.6 Å². The third kappa shape index (κ3) is 2.85. The number of nitrogens with two attached hydrogens (primary N) is 1. The summed E-state index contributed by atoms with van der Waals surface area (Å²) in [7, 11) is -2.27. The van der Waals surface area contributed by atoms with Crippen LogP contribution in [-0.2, 0) is 16.6 Å². The van der Waals surface area contributed by atoms with Gasteiger partial charge < -0.3 is 10.5 Å². The van der Waals surface area contributed by atoms with E-state index in [1.165, 1.54) is 31.5 Å². The van der Waals surface area contributed by atoms with E-state index < -0.39 is 10.0 Å². The molecule has 0 unspecified atom stereocenters. The topological polar surface area (TPSA) is 99.2 Å². The number of anilines is 2. The molecule has 0 aliphatic rings. The molecule has 0 saturated heterocycles. The molecule has 1 heterocycles. The minimum Gasteiger partial charge on any atom is -0.495 e. The number of nitrogens with zero attached hydrogens (tertiary/aromatic N) is 2. The number of hydrogen-bond acceptors (Lipinski definition) is 5. The lowest BCUT2D eigenvalue weighted by molar-refractivity contribution is 0.415. The van der Waals surface area contributed by atoms with Crippen molar-refractivity contribution >= 4 is 21.4 Å². The highest BCUT2D eigenvalue weighted by Gasteiger charge is 2.17. The van der Waals surface area contributed by atoms with Gasteiger partial charge in [0, 0.05) is 18.8 Å². The summed E-state index contributed by atoms with van der Waals surface area (Å²) < 4.78 is 33.6. The number of aryl methyl sites for hydroxylation is 1. The summed E-state index contributed by atoms with van der Waals surface area (Å²) in [6.07, 6.45) is 3.07. The number of nitrogens with one attached hydrogen (secondary N) is 1. The number of hydrogen-bond donors (Lipinski definition) is 2. The predicted octanol–water partition coefficient (Wildman–Crippen LogP) is 1.29. The van der Waals surface area contributed by atoms with Gasteiger partial charge in [0.1, 0.15) is 5.75 Å². The Morgan fingerprint density at radius 2 is 2.20 bits per heavy atom. The van der Waals surface area contributed by atoms with Crippen molar-refractivity contribution in [2.45, 2.75) is 18.4 Å². The molecule has 8 heteroatoms. The maximum absolute atomic E-state index is 12.2. The Hall–Kier alpha value is -2.22. The van der Waals surface area contributed by atoms with Crippen LogP contribution in [0, 0.1) is 0 Å². The molecule has 0 saturated carbocycles. The second kappa shape index (κ2) is 5.41. The SMILES string of the molecule is CCn1cc(NS(=O)(=O)c2ccc(N)c(OC)c2)cn1. The van der Waals surface area contributed by atoms with E-state index in [1.54, 1.807) is 10.9 Å². The number of ether oxygens (including phenoxy) is 1. The van der Waals surface area contributed by atoms with Gasteiger partial charge in [0.2, 0.25) is 0 Å². The van der Waals surface area contributed by atoms with Crippen molar-refractivity contribution in [2.24, 2.45) is 0 Å². The highest BCUT2D eigenvalue weighted by molar-refractivity contribution is 7.92. The van der Waals surface area contributed by atoms with E-state index in [-0.39, 0.29) is 4.90 Å². The lowest BCUT2D eigenvalue weighted by atomic mass is 10.3. The second-order valence-electron chi connectivity index (χ2n) is 4.09. The van der Waals surface area contributed by atoms with Gasteiger partial charge in [0.25, 0.3) is 10.0 Å². The Kier molecular flexibility index (Phi) is 3.84. The summed E-state index contributed by atoms with van der Waals surface area (Å²) >= 11 is 0. The Morgan fingerprint density at radius 3 is 2.80 bits per heavy atom. The van der Waals surface area contributed by atoms with Crippen LogP contribution in [0.4, 0.5) is 11.4 Å².